The molecule has 0 fully saturated rings. The van der Waals surface area contributed by atoms with Gasteiger partial charge in [0.1, 0.15) is 23.0 Å². The average molecular weight is 340 g/mol. The minimum Gasteiger partial charge on any atom is -0.507 e. The summed E-state index contributed by atoms with van der Waals surface area (Å²) >= 11 is 0. The summed E-state index contributed by atoms with van der Waals surface area (Å²) in [6.07, 6.45) is 1.33. The molecule has 0 aromatic heterocycles. The van der Waals surface area contributed by atoms with Crippen molar-refractivity contribution in [2.24, 2.45) is 0 Å². The third-order valence-corrected chi connectivity index (χ3v) is 4.40. The van der Waals surface area contributed by atoms with Gasteiger partial charge in [0.2, 0.25) is 5.78 Å². The summed E-state index contributed by atoms with van der Waals surface area (Å²) in [5.41, 5.74) is 0.241. The van der Waals surface area contributed by atoms with Crippen molar-refractivity contribution in [2.45, 2.75) is 6.92 Å². The lowest BCUT2D eigenvalue weighted by Crippen LogP contribution is -2.22. The number of fused-ring (bicyclic) bond motifs is 2. The molecule has 1 aliphatic carbocycles. The van der Waals surface area contributed by atoms with Gasteiger partial charge in [-0.25, -0.2) is 0 Å². The number of hydrogen-bond acceptors (Lipinski definition) is 6. The van der Waals surface area contributed by atoms with E-state index in [4.69, 9.17) is 9.47 Å². The molecule has 0 amide bonds. The highest BCUT2D eigenvalue weighted by molar-refractivity contribution is 6.31. The maximum Gasteiger partial charge on any atom is 0.202 e. The topological polar surface area (TPSA) is 93.1 Å². The Kier molecular flexibility index (Phi) is 3.75. The Morgan fingerprint density at radius 1 is 0.920 bits per heavy atom. The first kappa shape index (κ1) is 16.6. The fourth-order valence-electron chi connectivity index (χ4n) is 3.07. The van der Waals surface area contributed by atoms with Crippen LogP contribution in [0.5, 0.6) is 23.0 Å². The van der Waals surface area contributed by atoms with E-state index in [1.165, 1.54) is 32.4 Å². The van der Waals surface area contributed by atoms with Crippen LogP contribution in [0.15, 0.2) is 18.7 Å². The second-order valence-corrected chi connectivity index (χ2v) is 5.60. The SMILES string of the molecule is C=Cc1c(OC)cc2c(c1O)C(=O)c1c(cc(OC)c(C)c1O)C2=O. The summed E-state index contributed by atoms with van der Waals surface area (Å²) in [7, 11) is 2.79. The van der Waals surface area contributed by atoms with Crippen molar-refractivity contribution < 1.29 is 29.3 Å². The number of ether oxygens (including phenoxy) is 2. The number of hydrogen-bond donors (Lipinski definition) is 2. The van der Waals surface area contributed by atoms with Crippen LogP contribution in [0.4, 0.5) is 0 Å². The standard InChI is InChI=1S/C19H16O6/c1-5-9-13(25-4)7-11-15(18(9)22)19(23)14-10(17(11)21)6-12(24-3)8(2)16(14)20/h5-7,20,22H,1H2,2-4H3. The van der Waals surface area contributed by atoms with Gasteiger partial charge in [-0.15, -0.1) is 0 Å². The van der Waals surface area contributed by atoms with Gasteiger partial charge >= 0.3 is 0 Å². The molecule has 2 aromatic carbocycles. The lowest BCUT2D eigenvalue weighted by molar-refractivity contribution is 0.0973. The highest BCUT2D eigenvalue weighted by Crippen LogP contribution is 2.44. The van der Waals surface area contributed by atoms with Gasteiger partial charge < -0.3 is 19.7 Å². The zero-order valence-corrected chi connectivity index (χ0v) is 14.0. The first-order valence-corrected chi connectivity index (χ1v) is 7.43. The number of carbonyl (C=O) groups excluding carboxylic acids is 2. The smallest absolute Gasteiger partial charge is 0.202 e. The monoisotopic (exact) mass is 340 g/mol. The van der Waals surface area contributed by atoms with E-state index in [2.05, 4.69) is 6.58 Å². The zero-order valence-electron chi connectivity index (χ0n) is 14.0. The van der Waals surface area contributed by atoms with E-state index >= 15 is 0 Å². The van der Waals surface area contributed by atoms with E-state index in [0.717, 1.165) is 0 Å². The number of phenolic OH excluding ortho intramolecular Hbond substituents is 2. The number of benzene rings is 2. The van der Waals surface area contributed by atoms with Crippen molar-refractivity contribution >= 4 is 17.6 Å². The Morgan fingerprint density at radius 2 is 1.44 bits per heavy atom. The lowest BCUT2D eigenvalue weighted by atomic mass is 9.81. The molecule has 0 heterocycles. The molecule has 6 nitrogen and oxygen atoms in total. The van der Waals surface area contributed by atoms with Crippen LogP contribution in [-0.2, 0) is 0 Å². The lowest BCUT2D eigenvalue weighted by Gasteiger charge is -2.23. The van der Waals surface area contributed by atoms with E-state index in [9.17, 15) is 19.8 Å². The summed E-state index contributed by atoms with van der Waals surface area (Å²) in [4.78, 5) is 25.8. The minimum absolute atomic E-state index is 0.00255. The Bertz CT molecular complexity index is 955. The summed E-state index contributed by atoms with van der Waals surface area (Å²) in [6, 6.07) is 2.80. The van der Waals surface area contributed by atoms with Crippen LogP contribution in [0.2, 0.25) is 0 Å². The van der Waals surface area contributed by atoms with Crippen molar-refractivity contribution in [3.8, 4) is 23.0 Å². The molecule has 25 heavy (non-hydrogen) atoms. The number of rotatable bonds is 3. The number of carbonyl (C=O) groups is 2. The van der Waals surface area contributed by atoms with E-state index in [-0.39, 0.29) is 39.3 Å². The molecular weight excluding hydrogens is 324 g/mol. The molecule has 0 spiro atoms. The van der Waals surface area contributed by atoms with Crippen molar-refractivity contribution in [1.82, 2.24) is 0 Å². The Morgan fingerprint density at radius 3 is 1.96 bits per heavy atom. The summed E-state index contributed by atoms with van der Waals surface area (Å²) in [6.45, 7) is 5.16. The van der Waals surface area contributed by atoms with Crippen molar-refractivity contribution in [3.05, 3.63) is 52.1 Å². The molecule has 3 rings (SSSR count). The highest BCUT2D eigenvalue weighted by atomic mass is 16.5. The third-order valence-electron chi connectivity index (χ3n) is 4.40. The summed E-state index contributed by atoms with van der Waals surface area (Å²) in [5, 5.41) is 20.9. The van der Waals surface area contributed by atoms with Crippen LogP contribution in [0.3, 0.4) is 0 Å². The fourth-order valence-corrected chi connectivity index (χ4v) is 3.07. The molecule has 0 aliphatic heterocycles. The zero-order chi connectivity index (χ0) is 18.5. The van der Waals surface area contributed by atoms with Gasteiger partial charge in [0.05, 0.1) is 30.9 Å². The third kappa shape index (κ3) is 2.11. The molecule has 0 atom stereocenters. The predicted molar refractivity (Wildman–Crippen MR) is 91.0 cm³/mol. The molecule has 6 heteroatoms. The van der Waals surface area contributed by atoms with Crippen molar-refractivity contribution in [1.29, 1.82) is 0 Å². The quantitative estimate of drug-likeness (QED) is 0.761. The first-order chi connectivity index (χ1) is 11.9. The van der Waals surface area contributed by atoms with Gasteiger partial charge in [-0.05, 0) is 19.1 Å². The first-order valence-electron chi connectivity index (χ1n) is 7.43. The molecule has 0 saturated heterocycles. The van der Waals surface area contributed by atoms with Crippen LogP contribution in [-0.4, -0.2) is 36.0 Å². The molecule has 128 valence electrons. The molecule has 0 saturated carbocycles. The highest BCUT2D eigenvalue weighted by Gasteiger charge is 2.37. The second-order valence-electron chi connectivity index (χ2n) is 5.60. The van der Waals surface area contributed by atoms with Gasteiger partial charge in [0.25, 0.3) is 0 Å². The molecule has 2 aromatic rings. The van der Waals surface area contributed by atoms with Gasteiger partial charge in [0, 0.05) is 16.7 Å². The van der Waals surface area contributed by atoms with Crippen LogP contribution < -0.4 is 9.47 Å². The van der Waals surface area contributed by atoms with Gasteiger partial charge in [-0.1, -0.05) is 12.7 Å². The van der Waals surface area contributed by atoms with Crippen LogP contribution in [0.1, 0.15) is 43.0 Å². The molecule has 0 radical (unpaired) electrons. The number of aromatic hydroxyl groups is 2. The molecular formula is C19H16O6. The average Bonchev–Trinajstić information content (AvgIpc) is 2.60. The Balaban J connectivity index is 2.40. The fraction of sp³-hybridized carbons (Fsp3) is 0.158. The number of phenols is 2. The summed E-state index contributed by atoms with van der Waals surface area (Å²) in [5.74, 6) is -1.38. The largest absolute Gasteiger partial charge is 0.507 e. The van der Waals surface area contributed by atoms with Crippen LogP contribution in [0.25, 0.3) is 6.08 Å². The number of ketones is 2. The van der Waals surface area contributed by atoms with Gasteiger partial charge in [-0.2, -0.15) is 0 Å². The Hall–Kier alpha value is -3.28. The number of methoxy groups -OCH3 is 2. The summed E-state index contributed by atoms with van der Waals surface area (Å²) < 4.78 is 10.3. The molecule has 0 unspecified atom stereocenters. The molecule has 0 bridgehead atoms. The van der Waals surface area contributed by atoms with Crippen molar-refractivity contribution in [3.63, 3.8) is 0 Å². The second kappa shape index (κ2) is 5.66. The Labute approximate surface area is 143 Å². The maximum absolute atomic E-state index is 12.9. The normalized spacial score (nSPS) is 12.4. The van der Waals surface area contributed by atoms with E-state index in [1.807, 2.05) is 0 Å². The van der Waals surface area contributed by atoms with Crippen LogP contribution >= 0.6 is 0 Å². The molecule has 2 N–H and O–H groups in total. The molecule has 1 aliphatic rings. The van der Waals surface area contributed by atoms with E-state index in [1.54, 1.807) is 6.92 Å². The van der Waals surface area contributed by atoms with E-state index in [0.29, 0.717) is 11.3 Å². The maximum atomic E-state index is 12.9. The van der Waals surface area contributed by atoms with Crippen LogP contribution in [0, 0.1) is 6.92 Å². The van der Waals surface area contributed by atoms with Crippen molar-refractivity contribution in [2.75, 3.05) is 14.2 Å². The van der Waals surface area contributed by atoms with Gasteiger partial charge in [-0.3, -0.25) is 9.59 Å². The predicted octanol–water partition coefficient (Wildman–Crippen LogP) is 2.84. The minimum atomic E-state index is -0.642. The van der Waals surface area contributed by atoms with E-state index < -0.39 is 17.3 Å². The van der Waals surface area contributed by atoms with Gasteiger partial charge in [0.15, 0.2) is 5.78 Å².